The van der Waals surface area contributed by atoms with Crippen molar-refractivity contribution in [2.24, 2.45) is 0 Å². The molecular weight excluding hydrogens is 326 g/mol. The second-order valence-corrected chi connectivity index (χ2v) is 7.03. The van der Waals surface area contributed by atoms with Crippen LogP contribution in [0.25, 0.3) is 11.3 Å². The molecule has 24 heavy (non-hydrogen) atoms. The van der Waals surface area contributed by atoms with E-state index in [0.29, 0.717) is 11.5 Å². The highest BCUT2D eigenvalue weighted by Crippen LogP contribution is 2.33. The Hall–Kier alpha value is -1.83. The Bertz CT molecular complexity index is 748. The van der Waals surface area contributed by atoms with Crippen molar-refractivity contribution in [3.63, 3.8) is 0 Å². The SMILES string of the molecule is COc1ccc(-c2[nH]c(=O)sc2CN2CCN(C)CC2)cc1OC. The summed E-state index contributed by atoms with van der Waals surface area (Å²) in [6.45, 7) is 4.96. The summed E-state index contributed by atoms with van der Waals surface area (Å²) in [4.78, 5) is 20.7. The first-order valence-corrected chi connectivity index (χ1v) is 8.77. The van der Waals surface area contributed by atoms with Gasteiger partial charge >= 0.3 is 4.87 Å². The topological polar surface area (TPSA) is 57.8 Å². The molecule has 3 rings (SSSR count). The van der Waals surface area contributed by atoms with Crippen molar-refractivity contribution in [2.45, 2.75) is 6.54 Å². The third-order valence-electron chi connectivity index (χ3n) is 4.36. The minimum atomic E-state index is -0.0242. The van der Waals surface area contributed by atoms with Gasteiger partial charge in [-0.2, -0.15) is 0 Å². The number of nitrogens with one attached hydrogen (secondary N) is 1. The predicted octanol–water partition coefficient (Wildman–Crippen LogP) is 1.87. The molecule has 2 aromatic rings. The van der Waals surface area contributed by atoms with Crippen molar-refractivity contribution in [1.82, 2.24) is 14.8 Å². The number of nitrogens with zero attached hydrogens (tertiary/aromatic N) is 2. The lowest BCUT2D eigenvalue weighted by Gasteiger charge is -2.32. The highest BCUT2D eigenvalue weighted by Gasteiger charge is 2.19. The van der Waals surface area contributed by atoms with E-state index in [9.17, 15) is 4.79 Å². The Morgan fingerprint density at radius 1 is 1.12 bits per heavy atom. The van der Waals surface area contributed by atoms with Gasteiger partial charge in [-0.1, -0.05) is 11.3 Å². The van der Waals surface area contributed by atoms with E-state index in [1.165, 1.54) is 11.3 Å². The van der Waals surface area contributed by atoms with Crippen molar-refractivity contribution in [3.05, 3.63) is 32.7 Å². The van der Waals surface area contributed by atoms with Gasteiger partial charge in [0.15, 0.2) is 11.5 Å². The summed E-state index contributed by atoms with van der Waals surface area (Å²) in [5.74, 6) is 1.34. The Morgan fingerprint density at radius 2 is 1.83 bits per heavy atom. The maximum Gasteiger partial charge on any atom is 0.305 e. The van der Waals surface area contributed by atoms with Gasteiger partial charge < -0.3 is 19.4 Å². The smallest absolute Gasteiger partial charge is 0.305 e. The van der Waals surface area contributed by atoms with E-state index >= 15 is 0 Å². The van der Waals surface area contributed by atoms with Gasteiger partial charge in [-0.3, -0.25) is 9.69 Å². The second kappa shape index (κ2) is 7.38. The molecule has 7 heteroatoms. The maximum absolute atomic E-state index is 11.9. The molecule has 2 heterocycles. The van der Waals surface area contributed by atoms with E-state index in [0.717, 1.165) is 48.9 Å². The van der Waals surface area contributed by atoms with E-state index in [4.69, 9.17) is 9.47 Å². The Morgan fingerprint density at radius 3 is 2.50 bits per heavy atom. The molecule has 0 aliphatic carbocycles. The number of aromatic nitrogens is 1. The monoisotopic (exact) mass is 349 g/mol. The van der Waals surface area contributed by atoms with Crippen LogP contribution in [0.1, 0.15) is 4.88 Å². The van der Waals surface area contributed by atoms with E-state index in [1.807, 2.05) is 18.2 Å². The molecule has 0 amide bonds. The van der Waals surface area contributed by atoms with Crippen LogP contribution in [-0.2, 0) is 6.54 Å². The number of benzene rings is 1. The summed E-state index contributed by atoms with van der Waals surface area (Å²) < 4.78 is 10.7. The lowest BCUT2D eigenvalue weighted by Crippen LogP contribution is -2.43. The predicted molar refractivity (Wildman–Crippen MR) is 96.3 cm³/mol. The molecule has 0 spiro atoms. The van der Waals surface area contributed by atoms with Crippen LogP contribution in [0, 0.1) is 0 Å². The molecule has 0 saturated carbocycles. The van der Waals surface area contributed by atoms with Crippen LogP contribution >= 0.6 is 11.3 Å². The van der Waals surface area contributed by atoms with Gasteiger partial charge in [-0.05, 0) is 25.2 Å². The average molecular weight is 349 g/mol. The van der Waals surface area contributed by atoms with E-state index in [-0.39, 0.29) is 4.87 Å². The van der Waals surface area contributed by atoms with Crippen LogP contribution in [0.5, 0.6) is 11.5 Å². The summed E-state index contributed by atoms with van der Waals surface area (Å²) in [5, 5.41) is 0. The average Bonchev–Trinajstić information content (AvgIpc) is 2.96. The van der Waals surface area contributed by atoms with Crippen molar-refractivity contribution in [2.75, 3.05) is 47.4 Å². The van der Waals surface area contributed by atoms with Gasteiger partial charge in [0.2, 0.25) is 0 Å². The number of hydrogen-bond acceptors (Lipinski definition) is 6. The summed E-state index contributed by atoms with van der Waals surface area (Å²) in [6.07, 6.45) is 0. The van der Waals surface area contributed by atoms with Crippen molar-refractivity contribution in [1.29, 1.82) is 0 Å². The highest BCUT2D eigenvalue weighted by molar-refractivity contribution is 7.09. The molecule has 6 nitrogen and oxygen atoms in total. The van der Waals surface area contributed by atoms with Gasteiger partial charge in [-0.25, -0.2) is 0 Å². The zero-order chi connectivity index (χ0) is 17.1. The molecule has 1 aliphatic heterocycles. The van der Waals surface area contributed by atoms with Gasteiger partial charge in [0.1, 0.15) is 0 Å². The highest BCUT2D eigenvalue weighted by atomic mass is 32.1. The number of H-pyrrole nitrogens is 1. The zero-order valence-corrected chi connectivity index (χ0v) is 15.1. The fourth-order valence-corrected chi connectivity index (χ4v) is 3.80. The van der Waals surface area contributed by atoms with Crippen LogP contribution in [0.2, 0.25) is 0 Å². The third-order valence-corrected chi connectivity index (χ3v) is 5.22. The molecule has 1 aromatic heterocycles. The molecule has 0 radical (unpaired) electrons. The number of likely N-dealkylation sites (N-methyl/N-ethyl adjacent to an activating group) is 1. The lowest BCUT2D eigenvalue weighted by molar-refractivity contribution is 0.149. The third kappa shape index (κ3) is 3.63. The fourth-order valence-electron chi connectivity index (χ4n) is 2.91. The molecule has 1 N–H and O–H groups in total. The molecule has 1 saturated heterocycles. The second-order valence-electron chi connectivity index (χ2n) is 5.96. The normalized spacial score (nSPS) is 16.3. The standard InChI is InChI=1S/C17H23N3O3S/c1-19-6-8-20(9-7-19)11-15-16(18-17(21)24-15)12-4-5-13(22-2)14(10-12)23-3/h4-5,10H,6-9,11H2,1-3H3,(H,18,21). The van der Waals surface area contributed by atoms with Gasteiger partial charge in [0.25, 0.3) is 0 Å². The van der Waals surface area contributed by atoms with E-state index < -0.39 is 0 Å². The molecular formula is C17H23N3O3S. The first-order chi connectivity index (χ1) is 11.6. The Balaban J connectivity index is 1.87. The fraction of sp³-hybridized carbons (Fsp3) is 0.471. The molecule has 0 bridgehead atoms. The number of aromatic amines is 1. The number of methoxy groups -OCH3 is 2. The van der Waals surface area contributed by atoms with Crippen molar-refractivity contribution >= 4 is 11.3 Å². The number of hydrogen-bond donors (Lipinski definition) is 1. The molecule has 0 unspecified atom stereocenters. The maximum atomic E-state index is 11.9. The summed E-state index contributed by atoms with van der Waals surface area (Å²) in [5.41, 5.74) is 1.82. The largest absolute Gasteiger partial charge is 0.493 e. The Kier molecular flexibility index (Phi) is 5.23. The summed E-state index contributed by atoms with van der Waals surface area (Å²) >= 11 is 1.29. The minimum absolute atomic E-state index is 0.0242. The van der Waals surface area contributed by atoms with E-state index in [2.05, 4.69) is 21.8 Å². The summed E-state index contributed by atoms with van der Waals surface area (Å²) in [6, 6.07) is 5.72. The molecule has 130 valence electrons. The van der Waals surface area contributed by atoms with Crippen LogP contribution in [0.4, 0.5) is 0 Å². The first kappa shape index (κ1) is 17.0. The van der Waals surface area contributed by atoms with Crippen molar-refractivity contribution < 1.29 is 9.47 Å². The van der Waals surface area contributed by atoms with Crippen LogP contribution in [0.15, 0.2) is 23.0 Å². The number of piperazine rings is 1. The number of ether oxygens (including phenoxy) is 2. The van der Waals surface area contributed by atoms with Crippen LogP contribution < -0.4 is 14.3 Å². The summed E-state index contributed by atoms with van der Waals surface area (Å²) in [7, 11) is 5.37. The van der Waals surface area contributed by atoms with E-state index in [1.54, 1.807) is 14.2 Å². The van der Waals surface area contributed by atoms with Gasteiger partial charge in [-0.15, -0.1) is 0 Å². The zero-order valence-electron chi connectivity index (χ0n) is 14.3. The molecule has 1 fully saturated rings. The number of rotatable bonds is 5. The minimum Gasteiger partial charge on any atom is -0.493 e. The van der Waals surface area contributed by atoms with Crippen LogP contribution in [0.3, 0.4) is 0 Å². The van der Waals surface area contributed by atoms with Gasteiger partial charge in [0.05, 0.1) is 19.9 Å². The van der Waals surface area contributed by atoms with Crippen molar-refractivity contribution in [3.8, 4) is 22.8 Å². The quantitative estimate of drug-likeness (QED) is 0.893. The molecule has 0 atom stereocenters. The first-order valence-electron chi connectivity index (χ1n) is 7.96. The Labute approximate surface area is 145 Å². The van der Waals surface area contributed by atoms with Crippen LogP contribution in [-0.4, -0.2) is 62.2 Å². The number of thiazole rings is 1. The lowest BCUT2D eigenvalue weighted by atomic mass is 10.1. The van der Waals surface area contributed by atoms with Gasteiger partial charge in [0, 0.05) is 43.2 Å². The molecule has 1 aromatic carbocycles. The molecule has 1 aliphatic rings.